The van der Waals surface area contributed by atoms with Crippen molar-refractivity contribution in [2.45, 2.75) is 24.8 Å². The van der Waals surface area contributed by atoms with Crippen LogP contribution in [0.15, 0.2) is 47.4 Å². The van der Waals surface area contributed by atoms with E-state index < -0.39 is 11.5 Å². The third kappa shape index (κ3) is 4.06. The van der Waals surface area contributed by atoms with Gasteiger partial charge in [0.1, 0.15) is 12.1 Å². The Labute approximate surface area is 162 Å². The minimum absolute atomic E-state index is 0.0269. The molecule has 1 aromatic heterocycles. The Bertz CT molecular complexity index is 932. The molecule has 1 aliphatic rings. The van der Waals surface area contributed by atoms with Crippen LogP contribution in [0.1, 0.15) is 28.8 Å². The van der Waals surface area contributed by atoms with Gasteiger partial charge in [0.05, 0.1) is 0 Å². The maximum absolute atomic E-state index is 12.6. The van der Waals surface area contributed by atoms with E-state index in [1.807, 2.05) is 24.3 Å². The summed E-state index contributed by atoms with van der Waals surface area (Å²) in [6.07, 6.45) is 3.38. The zero-order valence-electron chi connectivity index (χ0n) is 15.4. The maximum atomic E-state index is 12.6. The number of hydrogen-bond donors (Lipinski definition) is 1. The molecular weight excluding hydrogens is 366 g/mol. The van der Waals surface area contributed by atoms with Crippen molar-refractivity contribution in [1.82, 2.24) is 14.8 Å². The van der Waals surface area contributed by atoms with Crippen LogP contribution in [0.5, 0.6) is 0 Å². The third-order valence-corrected chi connectivity index (χ3v) is 5.28. The zero-order valence-corrected chi connectivity index (χ0v) is 16.1. The molecule has 6 nitrogen and oxygen atoms in total. The van der Waals surface area contributed by atoms with Crippen molar-refractivity contribution < 1.29 is 9.59 Å². The van der Waals surface area contributed by atoms with Gasteiger partial charge < -0.3 is 14.8 Å². The lowest BCUT2D eigenvalue weighted by molar-refractivity contribution is -0.129. The van der Waals surface area contributed by atoms with Gasteiger partial charge in [-0.3, -0.25) is 14.4 Å². The van der Waals surface area contributed by atoms with Crippen LogP contribution in [-0.2, 0) is 16.8 Å². The maximum Gasteiger partial charge on any atom is 0.263 e. The second-order valence-corrected chi connectivity index (χ2v) is 7.49. The van der Waals surface area contributed by atoms with Crippen LogP contribution >= 0.6 is 11.6 Å². The van der Waals surface area contributed by atoms with Gasteiger partial charge in [0.15, 0.2) is 0 Å². The molecule has 7 heteroatoms. The number of pyridine rings is 1. The van der Waals surface area contributed by atoms with Crippen LogP contribution in [0, 0.1) is 0 Å². The van der Waals surface area contributed by atoms with Gasteiger partial charge in [-0.2, -0.15) is 0 Å². The van der Waals surface area contributed by atoms with Gasteiger partial charge in [0.25, 0.3) is 11.5 Å². The predicted octanol–water partition coefficient (Wildman–Crippen LogP) is 2.05. The first kappa shape index (κ1) is 19.2. The standard InChI is InChI=1S/C20H22ClN3O3/c1-23(2)17(25)12-24-11-5-6-14(19(24)27)18(26)22-13-20(9-10-20)15-7-3-4-8-16(15)21/h3-8,11H,9-10,12-13H2,1-2H3,(H,22,26). The summed E-state index contributed by atoms with van der Waals surface area (Å²) in [5.41, 5.74) is 0.406. The van der Waals surface area contributed by atoms with Crippen LogP contribution in [0.3, 0.4) is 0 Å². The Balaban J connectivity index is 1.73. The van der Waals surface area contributed by atoms with Gasteiger partial charge in [-0.15, -0.1) is 0 Å². The first-order valence-electron chi connectivity index (χ1n) is 8.77. The fourth-order valence-electron chi connectivity index (χ4n) is 3.05. The van der Waals surface area contributed by atoms with Crippen molar-refractivity contribution in [2.24, 2.45) is 0 Å². The molecule has 1 saturated carbocycles. The molecule has 1 heterocycles. The lowest BCUT2D eigenvalue weighted by Crippen LogP contribution is -2.38. The van der Waals surface area contributed by atoms with Crippen molar-refractivity contribution in [1.29, 1.82) is 0 Å². The summed E-state index contributed by atoms with van der Waals surface area (Å²) < 4.78 is 1.25. The number of benzene rings is 1. The molecule has 0 bridgehead atoms. The molecule has 1 N–H and O–H groups in total. The molecule has 3 rings (SSSR count). The summed E-state index contributed by atoms with van der Waals surface area (Å²) in [5.74, 6) is -0.657. The lowest BCUT2D eigenvalue weighted by atomic mass is 9.96. The highest BCUT2D eigenvalue weighted by atomic mass is 35.5. The number of rotatable bonds is 6. The summed E-state index contributed by atoms with van der Waals surface area (Å²) in [7, 11) is 3.24. The average molecular weight is 388 g/mol. The normalized spacial score (nSPS) is 14.5. The number of nitrogens with zero attached hydrogens (tertiary/aromatic N) is 2. The topological polar surface area (TPSA) is 71.4 Å². The Morgan fingerprint density at radius 2 is 1.89 bits per heavy atom. The van der Waals surface area contributed by atoms with E-state index in [4.69, 9.17) is 11.6 Å². The van der Waals surface area contributed by atoms with E-state index in [2.05, 4.69) is 5.32 Å². The Kier molecular flexibility index (Phi) is 5.37. The van der Waals surface area contributed by atoms with Crippen LogP contribution in [-0.4, -0.2) is 41.9 Å². The van der Waals surface area contributed by atoms with Crippen molar-refractivity contribution in [3.8, 4) is 0 Å². The van der Waals surface area contributed by atoms with E-state index in [1.54, 1.807) is 20.2 Å². The van der Waals surface area contributed by atoms with Gasteiger partial charge in [-0.25, -0.2) is 0 Å². The highest BCUT2D eigenvalue weighted by Crippen LogP contribution is 2.49. The van der Waals surface area contributed by atoms with Gasteiger partial charge in [-0.1, -0.05) is 29.8 Å². The van der Waals surface area contributed by atoms with Crippen LogP contribution in [0.4, 0.5) is 0 Å². The molecule has 0 aliphatic heterocycles. The fraction of sp³-hybridized carbons (Fsp3) is 0.350. The van der Waals surface area contributed by atoms with Crippen molar-refractivity contribution >= 4 is 23.4 Å². The molecule has 0 saturated heterocycles. The highest BCUT2D eigenvalue weighted by molar-refractivity contribution is 6.31. The SMILES string of the molecule is CN(C)C(=O)Cn1cccc(C(=O)NCC2(c3ccccc3Cl)CC2)c1=O. The number of likely N-dealkylation sites (N-methyl/N-ethyl adjacent to an activating group) is 1. The summed E-state index contributed by atoms with van der Waals surface area (Å²) in [5, 5.41) is 3.55. The lowest BCUT2D eigenvalue weighted by Gasteiger charge is -2.18. The molecule has 27 heavy (non-hydrogen) atoms. The monoisotopic (exact) mass is 387 g/mol. The second-order valence-electron chi connectivity index (χ2n) is 7.09. The molecule has 1 aromatic carbocycles. The van der Waals surface area contributed by atoms with Crippen molar-refractivity contribution in [3.63, 3.8) is 0 Å². The third-order valence-electron chi connectivity index (χ3n) is 4.96. The molecule has 1 aliphatic carbocycles. The summed E-state index contributed by atoms with van der Waals surface area (Å²) in [6.45, 7) is 0.317. The van der Waals surface area contributed by atoms with Crippen molar-refractivity contribution in [2.75, 3.05) is 20.6 Å². The van der Waals surface area contributed by atoms with E-state index in [0.29, 0.717) is 11.6 Å². The Morgan fingerprint density at radius 3 is 2.52 bits per heavy atom. The summed E-state index contributed by atoms with van der Waals surface area (Å²) >= 11 is 6.30. The van der Waals surface area contributed by atoms with Gasteiger partial charge in [0, 0.05) is 37.3 Å². The molecule has 1 fully saturated rings. The average Bonchev–Trinajstić information content (AvgIpc) is 3.42. The molecule has 0 unspecified atom stereocenters. The van der Waals surface area contributed by atoms with E-state index in [-0.39, 0.29) is 23.4 Å². The van der Waals surface area contributed by atoms with Gasteiger partial charge >= 0.3 is 0 Å². The van der Waals surface area contributed by atoms with E-state index >= 15 is 0 Å². The first-order chi connectivity index (χ1) is 12.8. The van der Waals surface area contributed by atoms with Crippen LogP contribution in [0.25, 0.3) is 0 Å². The smallest absolute Gasteiger partial charge is 0.263 e. The largest absolute Gasteiger partial charge is 0.351 e. The highest BCUT2D eigenvalue weighted by Gasteiger charge is 2.45. The van der Waals surface area contributed by atoms with Gasteiger partial charge in [0.2, 0.25) is 5.91 Å². The fourth-order valence-corrected chi connectivity index (χ4v) is 3.39. The predicted molar refractivity (Wildman–Crippen MR) is 104 cm³/mol. The Hall–Kier alpha value is -2.60. The van der Waals surface area contributed by atoms with E-state index in [1.165, 1.54) is 21.7 Å². The molecule has 0 atom stereocenters. The van der Waals surface area contributed by atoms with Crippen molar-refractivity contribution in [3.05, 3.63) is 69.1 Å². The molecule has 142 valence electrons. The summed E-state index contributed by atoms with van der Waals surface area (Å²) in [4.78, 5) is 38.4. The minimum atomic E-state index is -0.479. The van der Waals surface area contributed by atoms with Gasteiger partial charge in [-0.05, 0) is 36.6 Å². The molecule has 2 aromatic rings. The molecule has 0 radical (unpaired) electrons. The minimum Gasteiger partial charge on any atom is -0.351 e. The quantitative estimate of drug-likeness (QED) is 0.824. The second kappa shape index (κ2) is 7.56. The Morgan fingerprint density at radius 1 is 1.19 bits per heavy atom. The van der Waals surface area contributed by atoms with Crippen LogP contribution in [0.2, 0.25) is 5.02 Å². The molecular formula is C20H22ClN3O3. The number of carbonyl (C=O) groups excluding carboxylic acids is 2. The number of halogens is 1. The zero-order chi connectivity index (χ0) is 19.6. The number of carbonyl (C=O) groups is 2. The van der Waals surface area contributed by atoms with Crippen LogP contribution < -0.4 is 10.9 Å². The molecule has 2 amide bonds. The van der Waals surface area contributed by atoms with E-state index in [9.17, 15) is 14.4 Å². The number of hydrogen-bond acceptors (Lipinski definition) is 3. The number of aromatic nitrogens is 1. The van der Waals surface area contributed by atoms with E-state index in [0.717, 1.165) is 18.4 Å². The number of nitrogens with one attached hydrogen (secondary N) is 1. The summed E-state index contributed by atoms with van der Waals surface area (Å²) in [6, 6.07) is 10.7. The first-order valence-corrected chi connectivity index (χ1v) is 9.15. The number of amides is 2. The molecule has 0 spiro atoms.